The van der Waals surface area contributed by atoms with Gasteiger partial charge in [0.2, 0.25) is 11.9 Å². The number of H-pyrrole nitrogens is 1. The summed E-state index contributed by atoms with van der Waals surface area (Å²) in [4.78, 5) is 23.0. The second-order valence-electron chi connectivity index (χ2n) is 6.67. The van der Waals surface area contributed by atoms with E-state index in [9.17, 15) is 4.79 Å². The average molecular weight is 433 g/mol. The third kappa shape index (κ3) is 4.23. The van der Waals surface area contributed by atoms with Crippen molar-refractivity contribution >= 4 is 51.9 Å². The van der Waals surface area contributed by atoms with E-state index in [0.29, 0.717) is 28.7 Å². The highest BCUT2D eigenvalue weighted by molar-refractivity contribution is 8.00. The Morgan fingerprint density at radius 3 is 3.14 bits per heavy atom. The van der Waals surface area contributed by atoms with Gasteiger partial charge >= 0.3 is 0 Å². The lowest BCUT2D eigenvalue weighted by Gasteiger charge is -2.31. The van der Waals surface area contributed by atoms with Crippen LogP contribution in [0.3, 0.4) is 0 Å². The summed E-state index contributed by atoms with van der Waals surface area (Å²) in [5.74, 6) is 0.394. The number of amides is 1. The van der Waals surface area contributed by atoms with E-state index in [0.717, 1.165) is 36.6 Å². The number of aromatic amines is 1. The van der Waals surface area contributed by atoms with E-state index in [1.807, 2.05) is 22.7 Å². The van der Waals surface area contributed by atoms with Gasteiger partial charge in [0.15, 0.2) is 10.8 Å². The van der Waals surface area contributed by atoms with Crippen molar-refractivity contribution in [1.82, 2.24) is 34.8 Å². The van der Waals surface area contributed by atoms with E-state index >= 15 is 0 Å². The number of hydrogen-bond acceptors (Lipinski definition) is 7. The SMILES string of the molecule is C=CC(=O)N1CCC[C@@H](Sc2nc(Nc3cnn(CC)c3)nc3[nH]nc(Cl)c23)C1. The maximum Gasteiger partial charge on any atom is 0.245 e. The quantitative estimate of drug-likeness (QED) is 0.455. The van der Waals surface area contributed by atoms with Gasteiger partial charge in [0.1, 0.15) is 5.03 Å². The minimum absolute atomic E-state index is 0.0419. The first-order chi connectivity index (χ1) is 14.1. The molecule has 1 fully saturated rings. The van der Waals surface area contributed by atoms with Gasteiger partial charge in [-0.05, 0) is 25.8 Å². The molecule has 0 saturated carbocycles. The molecule has 3 aromatic rings. The number of likely N-dealkylation sites (tertiary alicyclic amines) is 1. The lowest BCUT2D eigenvalue weighted by atomic mass is 10.1. The fourth-order valence-electron chi connectivity index (χ4n) is 3.26. The number of piperidine rings is 1. The second kappa shape index (κ2) is 8.42. The van der Waals surface area contributed by atoms with Gasteiger partial charge < -0.3 is 10.2 Å². The number of nitrogens with zero attached hydrogens (tertiary/aromatic N) is 6. The van der Waals surface area contributed by atoms with Crippen molar-refractivity contribution in [3.05, 3.63) is 30.2 Å². The number of hydrogen-bond donors (Lipinski definition) is 2. The van der Waals surface area contributed by atoms with Crippen LogP contribution in [0.4, 0.5) is 11.6 Å². The molecule has 3 aromatic heterocycles. The molecule has 4 heterocycles. The molecule has 1 amide bonds. The fraction of sp³-hybridized carbons (Fsp3) is 0.389. The zero-order chi connectivity index (χ0) is 20.4. The monoisotopic (exact) mass is 432 g/mol. The van der Waals surface area contributed by atoms with Crippen molar-refractivity contribution in [2.24, 2.45) is 0 Å². The third-order valence-corrected chi connectivity index (χ3v) is 6.21. The molecule has 9 nitrogen and oxygen atoms in total. The summed E-state index contributed by atoms with van der Waals surface area (Å²) < 4.78 is 1.82. The van der Waals surface area contributed by atoms with Gasteiger partial charge in [-0.1, -0.05) is 18.2 Å². The first-order valence-electron chi connectivity index (χ1n) is 9.36. The molecule has 0 bridgehead atoms. The van der Waals surface area contributed by atoms with Gasteiger partial charge in [0, 0.05) is 31.1 Å². The van der Waals surface area contributed by atoms with E-state index in [-0.39, 0.29) is 11.2 Å². The lowest BCUT2D eigenvalue weighted by Crippen LogP contribution is -2.40. The molecule has 0 unspecified atom stereocenters. The number of aryl methyl sites for hydroxylation is 1. The second-order valence-corrected chi connectivity index (χ2v) is 8.32. The Bertz CT molecular complexity index is 1050. The zero-order valence-electron chi connectivity index (χ0n) is 15.9. The average Bonchev–Trinajstić information content (AvgIpc) is 3.34. The van der Waals surface area contributed by atoms with Gasteiger partial charge in [-0.15, -0.1) is 11.8 Å². The molecule has 152 valence electrons. The number of aromatic nitrogens is 6. The maximum absolute atomic E-state index is 12.0. The van der Waals surface area contributed by atoms with Gasteiger partial charge in [0.25, 0.3) is 0 Å². The normalized spacial score (nSPS) is 16.9. The van der Waals surface area contributed by atoms with Crippen LogP contribution in [-0.4, -0.2) is 59.1 Å². The Balaban J connectivity index is 1.61. The molecule has 1 saturated heterocycles. The standard InChI is InChI=1S/C18H21ClN8OS/c1-3-13(28)26-7-5-6-12(10-26)29-17-14-15(19)24-25-16(14)22-18(23-17)21-11-8-20-27(4-2)9-11/h3,8-9,12H,1,4-7,10H2,2H3,(H2,21,22,23,24,25)/t12-/m1/s1. The molecular weight excluding hydrogens is 412 g/mol. The first-order valence-corrected chi connectivity index (χ1v) is 10.6. The van der Waals surface area contributed by atoms with Gasteiger partial charge in [-0.2, -0.15) is 15.2 Å². The Morgan fingerprint density at radius 2 is 2.38 bits per heavy atom. The minimum atomic E-state index is -0.0419. The van der Waals surface area contributed by atoms with Crippen molar-refractivity contribution in [2.45, 2.75) is 36.6 Å². The maximum atomic E-state index is 12.0. The number of carbonyl (C=O) groups is 1. The first kappa shape index (κ1) is 19.7. The highest BCUT2D eigenvalue weighted by atomic mass is 35.5. The van der Waals surface area contributed by atoms with Gasteiger partial charge in [-0.3, -0.25) is 14.6 Å². The van der Waals surface area contributed by atoms with E-state index < -0.39 is 0 Å². The number of anilines is 2. The Hall–Kier alpha value is -2.59. The zero-order valence-corrected chi connectivity index (χ0v) is 17.5. The van der Waals surface area contributed by atoms with Crippen molar-refractivity contribution in [2.75, 3.05) is 18.4 Å². The summed E-state index contributed by atoms with van der Waals surface area (Å²) >= 11 is 7.88. The van der Waals surface area contributed by atoms with Crippen LogP contribution >= 0.6 is 23.4 Å². The Kier molecular flexibility index (Phi) is 5.72. The summed E-state index contributed by atoms with van der Waals surface area (Å²) in [5.41, 5.74) is 1.36. The van der Waals surface area contributed by atoms with Crippen molar-refractivity contribution in [1.29, 1.82) is 0 Å². The summed E-state index contributed by atoms with van der Waals surface area (Å²) in [7, 11) is 0. The van der Waals surface area contributed by atoms with Crippen LogP contribution in [0.1, 0.15) is 19.8 Å². The molecule has 0 spiro atoms. The molecule has 1 atom stereocenters. The highest BCUT2D eigenvalue weighted by Gasteiger charge is 2.25. The molecule has 0 aromatic carbocycles. The van der Waals surface area contributed by atoms with Crippen LogP contribution in [-0.2, 0) is 11.3 Å². The molecule has 2 N–H and O–H groups in total. The minimum Gasteiger partial charge on any atom is -0.338 e. The van der Waals surface area contributed by atoms with Crippen molar-refractivity contribution < 1.29 is 4.79 Å². The highest BCUT2D eigenvalue weighted by Crippen LogP contribution is 2.36. The van der Waals surface area contributed by atoms with Gasteiger partial charge in [0.05, 0.1) is 17.3 Å². The number of fused-ring (bicyclic) bond motifs is 1. The predicted molar refractivity (Wildman–Crippen MR) is 114 cm³/mol. The van der Waals surface area contributed by atoms with Gasteiger partial charge in [-0.25, -0.2) is 4.98 Å². The fourth-order valence-corrected chi connectivity index (χ4v) is 4.84. The molecule has 0 radical (unpaired) electrons. The van der Waals surface area contributed by atoms with Crippen molar-refractivity contribution in [3.8, 4) is 0 Å². The third-order valence-electron chi connectivity index (χ3n) is 4.70. The predicted octanol–water partition coefficient (Wildman–Crippen LogP) is 3.24. The molecular formula is C18H21ClN8OS. The smallest absolute Gasteiger partial charge is 0.245 e. The topological polar surface area (TPSA) is 105 Å². The van der Waals surface area contributed by atoms with E-state index in [1.165, 1.54) is 6.08 Å². The molecule has 1 aliphatic heterocycles. The van der Waals surface area contributed by atoms with E-state index in [4.69, 9.17) is 11.6 Å². The molecule has 11 heteroatoms. The van der Waals surface area contributed by atoms with Crippen LogP contribution in [0.5, 0.6) is 0 Å². The summed E-state index contributed by atoms with van der Waals surface area (Å²) in [5, 5.41) is 16.3. The van der Waals surface area contributed by atoms with Crippen molar-refractivity contribution in [3.63, 3.8) is 0 Å². The van der Waals surface area contributed by atoms with Crippen LogP contribution in [0, 0.1) is 0 Å². The molecule has 1 aliphatic rings. The number of halogens is 1. The number of nitrogens with one attached hydrogen (secondary N) is 2. The summed E-state index contributed by atoms with van der Waals surface area (Å²) in [6.07, 6.45) is 6.90. The van der Waals surface area contributed by atoms with Crippen LogP contribution < -0.4 is 5.32 Å². The Labute approximate surface area is 176 Å². The number of carbonyl (C=O) groups excluding carboxylic acids is 1. The van der Waals surface area contributed by atoms with Crippen LogP contribution in [0.25, 0.3) is 11.0 Å². The Morgan fingerprint density at radius 1 is 1.52 bits per heavy atom. The van der Waals surface area contributed by atoms with E-state index in [1.54, 1.807) is 18.0 Å². The largest absolute Gasteiger partial charge is 0.338 e. The summed E-state index contributed by atoms with van der Waals surface area (Å²) in [6.45, 7) is 7.78. The lowest BCUT2D eigenvalue weighted by molar-refractivity contribution is -0.126. The number of thioether (sulfide) groups is 1. The van der Waals surface area contributed by atoms with E-state index in [2.05, 4.69) is 37.2 Å². The molecule has 4 rings (SSSR count). The van der Waals surface area contributed by atoms with Crippen LogP contribution in [0.15, 0.2) is 30.1 Å². The van der Waals surface area contributed by atoms with Crippen LogP contribution in [0.2, 0.25) is 5.15 Å². The molecule has 0 aliphatic carbocycles. The summed E-state index contributed by atoms with van der Waals surface area (Å²) in [6, 6.07) is 0. The molecule has 29 heavy (non-hydrogen) atoms. The number of rotatable bonds is 6.